The van der Waals surface area contributed by atoms with E-state index in [0.29, 0.717) is 32.8 Å². The second-order valence-corrected chi connectivity index (χ2v) is 10.1. The van der Waals surface area contributed by atoms with Gasteiger partial charge in [-0.2, -0.15) is 0 Å². The smallest absolute Gasteiger partial charge is 0.271 e. The molecule has 3 rings (SSSR count). The zero-order chi connectivity index (χ0) is 26.6. The van der Waals surface area contributed by atoms with Crippen LogP contribution in [0.15, 0.2) is 41.6 Å². The number of amides is 2. The van der Waals surface area contributed by atoms with E-state index in [1.807, 2.05) is 13.8 Å². The molecule has 10 nitrogen and oxygen atoms in total. The molecule has 36 heavy (non-hydrogen) atoms. The van der Waals surface area contributed by atoms with Gasteiger partial charge in [-0.3, -0.25) is 19.7 Å². The second kappa shape index (κ2) is 11.7. The Hall–Kier alpha value is -3.15. The first-order chi connectivity index (χ1) is 17.0. The van der Waals surface area contributed by atoms with Crippen LogP contribution in [0, 0.1) is 23.0 Å². The number of nitro benzene ring substituents is 1. The molecule has 2 aromatic carbocycles. The van der Waals surface area contributed by atoms with Crippen LogP contribution in [0.4, 0.5) is 11.4 Å². The summed E-state index contributed by atoms with van der Waals surface area (Å²) in [6.07, 6.45) is 0. The number of aromatic nitrogens is 3. The fourth-order valence-corrected chi connectivity index (χ4v) is 4.30. The molecule has 0 spiro atoms. The molecule has 0 aliphatic rings. The van der Waals surface area contributed by atoms with Crippen molar-refractivity contribution in [3.05, 3.63) is 73.5 Å². The van der Waals surface area contributed by atoms with Crippen LogP contribution >= 0.6 is 35.0 Å². The molecule has 1 atom stereocenters. The minimum atomic E-state index is -0.517. The van der Waals surface area contributed by atoms with Gasteiger partial charge in [0.05, 0.1) is 32.5 Å². The molecule has 2 N–H and O–H groups in total. The van der Waals surface area contributed by atoms with Crippen molar-refractivity contribution >= 4 is 58.2 Å². The number of benzene rings is 2. The lowest BCUT2D eigenvalue weighted by Gasteiger charge is -2.22. The van der Waals surface area contributed by atoms with E-state index in [0.717, 1.165) is 11.8 Å². The average Bonchev–Trinajstić information content (AvgIpc) is 3.18. The molecule has 190 valence electrons. The van der Waals surface area contributed by atoms with E-state index >= 15 is 0 Å². The third-order valence-electron chi connectivity index (χ3n) is 5.32. The van der Waals surface area contributed by atoms with E-state index in [4.69, 9.17) is 23.2 Å². The van der Waals surface area contributed by atoms with Gasteiger partial charge in [-0.25, -0.2) is 0 Å². The van der Waals surface area contributed by atoms with Gasteiger partial charge in [-0.15, -0.1) is 10.2 Å². The van der Waals surface area contributed by atoms with E-state index in [9.17, 15) is 19.7 Å². The van der Waals surface area contributed by atoms with Crippen molar-refractivity contribution in [2.45, 2.75) is 32.0 Å². The first kappa shape index (κ1) is 27.4. The summed E-state index contributed by atoms with van der Waals surface area (Å²) < 4.78 is 1.72. The Morgan fingerprint density at radius 1 is 1.14 bits per heavy atom. The maximum atomic E-state index is 12.8. The summed E-state index contributed by atoms with van der Waals surface area (Å²) in [5.41, 5.74) is 1.33. The number of carbonyl (C=O) groups is 2. The monoisotopic (exact) mass is 550 g/mol. The predicted octanol–water partition coefficient (Wildman–Crippen LogP) is 5.20. The molecule has 0 saturated carbocycles. The van der Waals surface area contributed by atoms with Gasteiger partial charge in [-0.05, 0) is 36.6 Å². The summed E-state index contributed by atoms with van der Waals surface area (Å²) in [6, 6.07) is 8.46. The Labute approximate surface area is 221 Å². The topological polar surface area (TPSA) is 132 Å². The molecule has 2 amide bonds. The van der Waals surface area contributed by atoms with Gasteiger partial charge < -0.3 is 15.2 Å². The maximum absolute atomic E-state index is 12.8. The largest absolute Gasteiger partial charge is 0.342 e. The first-order valence-electron chi connectivity index (χ1n) is 10.8. The Bertz CT molecular complexity index is 1310. The second-order valence-electron chi connectivity index (χ2n) is 8.32. The van der Waals surface area contributed by atoms with Gasteiger partial charge >= 0.3 is 0 Å². The Balaban J connectivity index is 1.69. The summed E-state index contributed by atoms with van der Waals surface area (Å²) in [5.74, 6) is -0.165. The van der Waals surface area contributed by atoms with Gasteiger partial charge in [0.2, 0.25) is 5.91 Å². The highest BCUT2D eigenvalue weighted by atomic mass is 35.5. The number of nitro groups is 1. The standard InChI is InChI=1S/C23H24Cl2N6O4S/c1-12(2)20(27-22(33)14-6-8-16(24)17(25)9-14)21-28-29-23(30(21)4)36-11-19(32)26-18-10-15(31(34)35)7-5-13(18)3/h5-10,12,20H,11H2,1-4H3,(H,26,32)(H,27,33)/t20-/m1/s1. The van der Waals surface area contributed by atoms with Crippen LogP contribution < -0.4 is 10.6 Å². The zero-order valence-corrected chi connectivity index (χ0v) is 22.2. The number of thioether (sulfide) groups is 1. The molecule has 0 saturated heterocycles. The fourth-order valence-electron chi connectivity index (χ4n) is 3.29. The van der Waals surface area contributed by atoms with E-state index < -0.39 is 11.0 Å². The van der Waals surface area contributed by atoms with Crippen LogP contribution in [0.2, 0.25) is 10.0 Å². The average molecular weight is 551 g/mol. The SMILES string of the molecule is Cc1ccc([N+](=O)[O-])cc1NC(=O)CSc1nnc([C@H](NC(=O)c2ccc(Cl)c(Cl)c2)C(C)C)n1C. The highest BCUT2D eigenvalue weighted by Gasteiger charge is 2.26. The molecule has 0 aliphatic heterocycles. The van der Waals surface area contributed by atoms with Gasteiger partial charge in [0.1, 0.15) is 0 Å². The minimum Gasteiger partial charge on any atom is -0.342 e. The Morgan fingerprint density at radius 3 is 2.50 bits per heavy atom. The highest BCUT2D eigenvalue weighted by Crippen LogP contribution is 2.27. The lowest BCUT2D eigenvalue weighted by molar-refractivity contribution is -0.384. The number of aryl methyl sites for hydroxylation is 1. The third kappa shape index (κ3) is 6.54. The van der Waals surface area contributed by atoms with Gasteiger partial charge in [0.15, 0.2) is 11.0 Å². The lowest BCUT2D eigenvalue weighted by atomic mass is 10.0. The number of hydrogen-bond donors (Lipinski definition) is 2. The molecule has 0 radical (unpaired) electrons. The third-order valence-corrected chi connectivity index (χ3v) is 7.08. The zero-order valence-electron chi connectivity index (χ0n) is 19.9. The summed E-state index contributed by atoms with van der Waals surface area (Å²) in [5, 5.41) is 26.2. The fraction of sp³-hybridized carbons (Fsp3) is 0.304. The number of halogens is 2. The molecular weight excluding hydrogens is 527 g/mol. The number of nitrogens with zero attached hydrogens (tertiary/aromatic N) is 4. The molecule has 0 unspecified atom stereocenters. The quantitative estimate of drug-likeness (QED) is 0.212. The van der Waals surface area contributed by atoms with Crippen molar-refractivity contribution in [1.29, 1.82) is 0 Å². The summed E-state index contributed by atoms with van der Waals surface area (Å²) in [6.45, 7) is 5.63. The number of carbonyl (C=O) groups excluding carboxylic acids is 2. The van der Waals surface area contributed by atoms with Crippen LogP contribution in [-0.2, 0) is 11.8 Å². The Morgan fingerprint density at radius 2 is 1.86 bits per heavy atom. The molecule has 0 fully saturated rings. The molecule has 13 heteroatoms. The van der Waals surface area contributed by atoms with Gasteiger partial charge in [0.25, 0.3) is 11.6 Å². The highest BCUT2D eigenvalue weighted by molar-refractivity contribution is 7.99. The normalized spacial score (nSPS) is 11.9. The molecular formula is C23H24Cl2N6O4S. The van der Waals surface area contributed by atoms with Crippen LogP contribution in [0.1, 0.15) is 41.6 Å². The van der Waals surface area contributed by atoms with Gasteiger partial charge in [0, 0.05) is 24.7 Å². The summed E-state index contributed by atoms with van der Waals surface area (Å²) in [7, 11) is 1.75. The number of non-ortho nitro benzene ring substituents is 1. The van der Waals surface area contributed by atoms with E-state index in [-0.39, 0.29) is 34.2 Å². The number of rotatable bonds is 9. The van der Waals surface area contributed by atoms with E-state index in [2.05, 4.69) is 20.8 Å². The maximum Gasteiger partial charge on any atom is 0.271 e. The summed E-state index contributed by atoms with van der Waals surface area (Å²) >= 11 is 13.1. The number of anilines is 1. The Kier molecular flexibility index (Phi) is 8.93. The van der Waals surface area contributed by atoms with Crippen molar-refractivity contribution in [2.24, 2.45) is 13.0 Å². The van der Waals surface area contributed by atoms with Crippen molar-refractivity contribution in [1.82, 2.24) is 20.1 Å². The van der Waals surface area contributed by atoms with E-state index in [1.165, 1.54) is 18.2 Å². The number of nitrogens with one attached hydrogen (secondary N) is 2. The van der Waals surface area contributed by atoms with Crippen LogP contribution in [0.25, 0.3) is 0 Å². The molecule has 1 heterocycles. The first-order valence-corrected chi connectivity index (χ1v) is 12.5. The minimum absolute atomic E-state index is 0.0100. The molecule has 1 aromatic heterocycles. The van der Waals surface area contributed by atoms with E-state index in [1.54, 1.807) is 36.7 Å². The van der Waals surface area contributed by atoms with Crippen molar-refractivity contribution in [2.75, 3.05) is 11.1 Å². The molecule has 0 bridgehead atoms. The molecule has 3 aromatic rings. The summed E-state index contributed by atoms with van der Waals surface area (Å²) in [4.78, 5) is 35.8. The number of hydrogen-bond acceptors (Lipinski definition) is 7. The van der Waals surface area contributed by atoms with Crippen molar-refractivity contribution in [3.63, 3.8) is 0 Å². The van der Waals surface area contributed by atoms with Crippen LogP contribution in [-0.4, -0.2) is 37.3 Å². The predicted molar refractivity (Wildman–Crippen MR) is 140 cm³/mol. The van der Waals surface area contributed by atoms with Crippen molar-refractivity contribution < 1.29 is 14.5 Å². The lowest BCUT2D eigenvalue weighted by Crippen LogP contribution is -2.33. The van der Waals surface area contributed by atoms with Crippen molar-refractivity contribution in [3.8, 4) is 0 Å². The van der Waals surface area contributed by atoms with Crippen LogP contribution in [0.3, 0.4) is 0 Å². The molecule has 0 aliphatic carbocycles. The van der Waals surface area contributed by atoms with Crippen LogP contribution in [0.5, 0.6) is 0 Å². The van der Waals surface area contributed by atoms with Gasteiger partial charge in [-0.1, -0.05) is 54.9 Å².